The maximum absolute atomic E-state index is 10.9. The Morgan fingerprint density at radius 1 is 1.13 bits per heavy atom. The Kier molecular flexibility index (Phi) is 8.00. The number of hydrogen-bond donors (Lipinski definition) is 0. The van der Waals surface area contributed by atoms with Crippen molar-refractivity contribution in [2.75, 3.05) is 25.6 Å². The maximum Gasteiger partial charge on any atom is 0.267 e. The highest BCUT2D eigenvalue weighted by Gasteiger charge is 2.05. The van der Waals surface area contributed by atoms with Crippen LogP contribution in [0.5, 0.6) is 0 Å². The Morgan fingerprint density at radius 2 is 1.80 bits per heavy atom. The molecule has 0 rings (SSSR count). The molecule has 15 heavy (non-hydrogen) atoms. The summed E-state index contributed by atoms with van der Waals surface area (Å²) in [7, 11) is -3.28. The molecule has 0 radical (unpaired) electrons. The molecule has 0 saturated heterocycles. The highest BCUT2D eigenvalue weighted by Crippen LogP contribution is 1.99. The average Bonchev–Trinajstić information content (AvgIpc) is 2.16. The van der Waals surface area contributed by atoms with Crippen molar-refractivity contribution in [3.63, 3.8) is 0 Å². The Hall–Kier alpha value is -0.130. The van der Waals surface area contributed by atoms with Crippen LogP contribution in [0.4, 0.5) is 0 Å². The summed E-state index contributed by atoms with van der Waals surface area (Å²) in [5.41, 5.74) is 0. The van der Waals surface area contributed by atoms with E-state index in [1.807, 2.05) is 0 Å². The van der Waals surface area contributed by atoms with E-state index in [-0.39, 0.29) is 12.4 Å². The standard InChI is InChI=1S/C10H22O4S/c1-4-15(11,12)14-8-5-7-13-9-6-10(2)3/h10H,4-9H2,1-3H3. The molecular formula is C10H22O4S. The van der Waals surface area contributed by atoms with E-state index in [4.69, 9.17) is 8.92 Å². The van der Waals surface area contributed by atoms with Gasteiger partial charge < -0.3 is 4.74 Å². The predicted octanol–water partition coefficient (Wildman–Crippen LogP) is 1.81. The van der Waals surface area contributed by atoms with Crippen molar-refractivity contribution in [1.29, 1.82) is 0 Å². The highest BCUT2D eigenvalue weighted by molar-refractivity contribution is 7.86. The Labute approximate surface area is 93.1 Å². The molecule has 0 aliphatic rings. The van der Waals surface area contributed by atoms with Gasteiger partial charge >= 0.3 is 0 Å². The van der Waals surface area contributed by atoms with Gasteiger partial charge in [-0.3, -0.25) is 4.18 Å². The minimum absolute atomic E-state index is 0.0290. The van der Waals surface area contributed by atoms with Crippen LogP contribution in [-0.2, 0) is 19.0 Å². The van der Waals surface area contributed by atoms with Crippen molar-refractivity contribution < 1.29 is 17.3 Å². The monoisotopic (exact) mass is 238 g/mol. The second kappa shape index (κ2) is 8.07. The lowest BCUT2D eigenvalue weighted by molar-refractivity contribution is 0.111. The molecule has 0 fully saturated rings. The van der Waals surface area contributed by atoms with Crippen LogP contribution in [0.15, 0.2) is 0 Å². The first-order chi connectivity index (χ1) is 6.98. The van der Waals surface area contributed by atoms with E-state index in [1.54, 1.807) is 6.92 Å². The van der Waals surface area contributed by atoms with Gasteiger partial charge in [-0.1, -0.05) is 13.8 Å². The van der Waals surface area contributed by atoms with E-state index < -0.39 is 10.1 Å². The van der Waals surface area contributed by atoms with Crippen molar-refractivity contribution in [3.8, 4) is 0 Å². The van der Waals surface area contributed by atoms with E-state index in [0.717, 1.165) is 13.0 Å². The van der Waals surface area contributed by atoms with Crippen molar-refractivity contribution in [2.24, 2.45) is 5.92 Å². The lowest BCUT2D eigenvalue weighted by Crippen LogP contribution is -2.11. The normalized spacial score (nSPS) is 12.3. The SMILES string of the molecule is CCS(=O)(=O)OCCCOCCC(C)C. The largest absolute Gasteiger partial charge is 0.381 e. The van der Waals surface area contributed by atoms with Crippen molar-refractivity contribution in [1.82, 2.24) is 0 Å². The molecule has 0 aliphatic carbocycles. The van der Waals surface area contributed by atoms with Gasteiger partial charge in [0.2, 0.25) is 0 Å². The van der Waals surface area contributed by atoms with Crippen molar-refractivity contribution in [3.05, 3.63) is 0 Å². The minimum atomic E-state index is -3.28. The fourth-order valence-electron chi connectivity index (χ4n) is 0.851. The quantitative estimate of drug-likeness (QED) is 0.454. The fourth-order valence-corrected chi connectivity index (χ4v) is 1.39. The van der Waals surface area contributed by atoms with Crippen LogP contribution in [0.2, 0.25) is 0 Å². The van der Waals surface area contributed by atoms with Gasteiger partial charge in [-0.2, -0.15) is 8.42 Å². The Balaban J connectivity index is 3.26. The molecule has 0 aliphatic heterocycles. The summed E-state index contributed by atoms with van der Waals surface area (Å²) in [6, 6.07) is 0. The molecule has 4 nitrogen and oxygen atoms in total. The van der Waals surface area contributed by atoms with Crippen molar-refractivity contribution >= 4 is 10.1 Å². The van der Waals surface area contributed by atoms with Gasteiger partial charge in [0.1, 0.15) is 0 Å². The molecule has 0 aromatic carbocycles. The molecule has 0 N–H and O–H groups in total. The highest BCUT2D eigenvalue weighted by atomic mass is 32.2. The lowest BCUT2D eigenvalue weighted by Gasteiger charge is -2.06. The molecule has 0 atom stereocenters. The molecule has 92 valence electrons. The molecule has 5 heteroatoms. The zero-order chi connectivity index (χ0) is 11.7. The van der Waals surface area contributed by atoms with Gasteiger partial charge in [-0.25, -0.2) is 0 Å². The Morgan fingerprint density at radius 3 is 2.33 bits per heavy atom. The van der Waals surface area contributed by atoms with E-state index in [0.29, 0.717) is 18.9 Å². The summed E-state index contributed by atoms with van der Waals surface area (Å²) in [4.78, 5) is 0. The smallest absolute Gasteiger partial charge is 0.267 e. The summed E-state index contributed by atoms with van der Waals surface area (Å²) in [6.45, 7) is 7.36. The topological polar surface area (TPSA) is 52.6 Å². The second-order valence-electron chi connectivity index (χ2n) is 3.82. The van der Waals surface area contributed by atoms with Gasteiger partial charge in [-0.05, 0) is 25.7 Å². The van der Waals surface area contributed by atoms with Gasteiger partial charge in [-0.15, -0.1) is 0 Å². The summed E-state index contributed by atoms with van der Waals surface area (Å²) in [6.07, 6.45) is 1.66. The summed E-state index contributed by atoms with van der Waals surface area (Å²) < 4.78 is 31.8. The predicted molar refractivity (Wildman–Crippen MR) is 60.3 cm³/mol. The van der Waals surface area contributed by atoms with Gasteiger partial charge in [0.25, 0.3) is 10.1 Å². The van der Waals surface area contributed by atoms with Crippen LogP contribution in [0.25, 0.3) is 0 Å². The lowest BCUT2D eigenvalue weighted by atomic mass is 10.1. The van der Waals surface area contributed by atoms with Crippen LogP contribution >= 0.6 is 0 Å². The van der Waals surface area contributed by atoms with Gasteiger partial charge in [0.15, 0.2) is 0 Å². The molecule has 0 amide bonds. The van der Waals surface area contributed by atoms with Crippen LogP contribution in [0.1, 0.15) is 33.6 Å². The van der Waals surface area contributed by atoms with E-state index in [1.165, 1.54) is 0 Å². The molecule has 0 bridgehead atoms. The van der Waals surface area contributed by atoms with Gasteiger partial charge in [0, 0.05) is 13.2 Å². The summed E-state index contributed by atoms with van der Waals surface area (Å²) in [5.74, 6) is 0.669. The minimum Gasteiger partial charge on any atom is -0.381 e. The second-order valence-corrected chi connectivity index (χ2v) is 5.75. The average molecular weight is 238 g/mol. The van der Waals surface area contributed by atoms with E-state index >= 15 is 0 Å². The van der Waals surface area contributed by atoms with Crippen LogP contribution in [0, 0.1) is 5.92 Å². The third kappa shape index (κ3) is 10.2. The third-order valence-electron chi connectivity index (χ3n) is 1.89. The molecule has 0 spiro atoms. The molecule has 0 unspecified atom stereocenters. The van der Waals surface area contributed by atoms with Crippen LogP contribution < -0.4 is 0 Å². The molecule has 0 saturated carbocycles. The first kappa shape index (κ1) is 14.9. The fraction of sp³-hybridized carbons (Fsp3) is 1.00. The van der Waals surface area contributed by atoms with Crippen LogP contribution in [0.3, 0.4) is 0 Å². The summed E-state index contributed by atoms with van der Waals surface area (Å²) >= 11 is 0. The molecule has 0 aromatic heterocycles. The molecular weight excluding hydrogens is 216 g/mol. The number of ether oxygens (including phenoxy) is 1. The van der Waals surface area contributed by atoms with E-state index in [9.17, 15) is 8.42 Å². The number of hydrogen-bond acceptors (Lipinski definition) is 4. The first-order valence-electron chi connectivity index (χ1n) is 5.42. The Bertz CT molecular complexity index is 234. The first-order valence-corrected chi connectivity index (χ1v) is 7.00. The zero-order valence-corrected chi connectivity index (χ0v) is 10.7. The zero-order valence-electron chi connectivity index (χ0n) is 9.86. The van der Waals surface area contributed by atoms with Crippen LogP contribution in [-0.4, -0.2) is 34.0 Å². The summed E-state index contributed by atoms with van der Waals surface area (Å²) in [5, 5.41) is 0. The molecule has 0 aromatic rings. The number of rotatable bonds is 9. The van der Waals surface area contributed by atoms with E-state index in [2.05, 4.69) is 13.8 Å². The molecule has 0 heterocycles. The maximum atomic E-state index is 10.9. The third-order valence-corrected chi connectivity index (χ3v) is 3.12. The van der Waals surface area contributed by atoms with Crippen molar-refractivity contribution in [2.45, 2.75) is 33.6 Å². The van der Waals surface area contributed by atoms with Gasteiger partial charge in [0.05, 0.1) is 12.4 Å².